The van der Waals surface area contributed by atoms with Gasteiger partial charge in [-0.25, -0.2) is 9.59 Å². The molecule has 0 aromatic heterocycles. The first-order valence-electron chi connectivity index (χ1n) is 9.48. The lowest BCUT2D eigenvalue weighted by Gasteiger charge is -2.41. The van der Waals surface area contributed by atoms with Crippen molar-refractivity contribution >= 4 is 20.4 Å². The number of alkyl carbamates (subject to hydrolysis) is 1. The van der Waals surface area contributed by atoms with Gasteiger partial charge in [-0.05, 0) is 44.5 Å². The molecular formula is C21H35NO5Si. The Hall–Kier alpha value is -1.86. The number of amides is 1. The molecule has 0 saturated heterocycles. The van der Waals surface area contributed by atoms with Crippen LogP contribution in [0.25, 0.3) is 0 Å². The Morgan fingerprint density at radius 1 is 1.00 bits per heavy atom. The minimum atomic E-state index is -2.27. The molecule has 0 aliphatic rings. The van der Waals surface area contributed by atoms with E-state index in [0.717, 1.165) is 5.56 Å². The second-order valence-electron chi connectivity index (χ2n) is 9.36. The monoisotopic (exact) mass is 409 g/mol. The first-order chi connectivity index (χ1) is 12.7. The highest BCUT2D eigenvalue weighted by atomic mass is 28.4. The van der Waals surface area contributed by atoms with Gasteiger partial charge in [0.1, 0.15) is 11.7 Å². The summed E-state index contributed by atoms with van der Waals surface area (Å²) >= 11 is 0. The summed E-state index contributed by atoms with van der Waals surface area (Å²) in [6, 6.07) is 8.37. The highest BCUT2D eigenvalue weighted by molar-refractivity contribution is 6.74. The normalized spacial score (nSPS) is 14.8. The maximum atomic E-state index is 12.6. The second-order valence-corrected chi connectivity index (χ2v) is 14.1. The Bertz CT molecular complexity index is 662. The average molecular weight is 410 g/mol. The number of ether oxygens (including phenoxy) is 2. The fraction of sp³-hybridized carbons (Fsp3) is 0.619. The Kier molecular flexibility index (Phi) is 7.85. The van der Waals surface area contributed by atoms with Crippen LogP contribution in [-0.4, -0.2) is 39.1 Å². The van der Waals surface area contributed by atoms with Crippen molar-refractivity contribution in [3.8, 4) is 0 Å². The largest absolute Gasteiger partial charge is 0.467 e. The molecule has 0 unspecified atom stereocenters. The Labute approximate surface area is 170 Å². The van der Waals surface area contributed by atoms with Gasteiger partial charge in [0.2, 0.25) is 0 Å². The standard InChI is InChI=1S/C21H35NO5Si/c1-20(2,3)26-19(24)22-16(18(23)25-7)17(15-13-11-10-12-14-15)27-28(8,9)21(4,5)6/h10-14,16-17H,1-9H3,(H,22,24)/t16-,17-/m0/s1. The summed E-state index contributed by atoms with van der Waals surface area (Å²) in [6.07, 6.45) is -1.38. The van der Waals surface area contributed by atoms with Gasteiger partial charge in [0.25, 0.3) is 0 Å². The van der Waals surface area contributed by atoms with Crippen LogP contribution in [0.2, 0.25) is 18.1 Å². The van der Waals surface area contributed by atoms with E-state index in [9.17, 15) is 9.59 Å². The van der Waals surface area contributed by atoms with Crippen LogP contribution in [0.3, 0.4) is 0 Å². The summed E-state index contributed by atoms with van der Waals surface area (Å²) in [5.41, 5.74) is 0.103. The molecule has 1 rings (SSSR count). The van der Waals surface area contributed by atoms with Crippen LogP contribution in [0.1, 0.15) is 53.2 Å². The molecule has 158 valence electrons. The molecule has 0 fully saturated rings. The molecule has 1 N–H and O–H groups in total. The number of methoxy groups -OCH3 is 1. The number of esters is 1. The SMILES string of the molecule is COC(=O)[C@@H](NC(=O)OC(C)(C)C)[C@@H](O[Si](C)(C)C(C)(C)C)c1ccccc1. The number of carbonyl (C=O) groups excluding carboxylic acids is 2. The van der Waals surface area contributed by atoms with Crippen LogP contribution >= 0.6 is 0 Å². The van der Waals surface area contributed by atoms with Gasteiger partial charge in [0.15, 0.2) is 14.4 Å². The van der Waals surface area contributed by atoms with Gasteiger partial charge >= 0.3 is 12.1 Å². The highest BCUT2D eigenvalue weighted by Crippen LogP contribution is 2.40. The van der Waals surface area contributed by atoms with Gasteiger partial charge in [-0.1, -0.05) is 51.1 Å². The molecular weight excluding hydrogens is 374 g/mol. The molecule has 0 heterocycles. The first-order valence-corrected chi connectivity index (χ1v) is 12.4. The van der Waals surface area contributed by atoms with Crippen molar-refractivity contribution in [1.82, 2.24) is 5.32 Å². The van der Waals surface area contributed by atoms with E-state index in [1.165, 1.54) is 7.11 Å². The zero-order chi connectivity index (χ0) is 21.8. The van der Waals surface area contributed by atoms with E-state index in [1.54, 1.807) is 20.8 Å². The molecule has 0 aliphatic carbocycles. The third-order valence-electron chi connectivity index (χ3n) is 4.79. The van der Waals surface area contributed by atoms with Crippen LogP contribution in [0.4, 0.5) is 4.79 Å². The molecule has 28 heavy (non-hydrogen) atoms. The van der Waals surface area contributed by atoms with Crippen LogP contribution < -0.4 is 5.32 Å². The topological polar surface area (TPSA) is 73.9 Å². The molecule has 0 bridgehead atoms. The van der Waals surface area contributed by atoms with Gasteiger partial charge in [-0.15, -0.1) is 0 Å². The van der Waals surface area contributed by atoms with Crippen molar-refractivity contribution in [1.29, 1.82) is 0 Å². The number of hydrogen-bond donors (Lipinski definition) is 1. The number of hydrogen-bond acceptors (Lipinski definition) is 5. The van der Waals surface area contributed by atoms with E-state index in [2.05, 4.69) is 39.2 Å². The lowest BCUT2D eigenvalue weighted by Crippen LogP contribution is -2.52. The van der Waals surface area contributed by atoms with Crippen molar-refractivity contribution in [2.45, 2.75) is 77.4 Å². The van der Waals surface area contributed by atoms with Crippen molar-refractivity contribution < 1.29 is 23.5 Å². The van der Waals surface area contributed by atoms with E-state index in [-0.39, 0.29) is 5.04 Å². The van der Waals surface area contributed by atoms with Gasteiger partial charge in [0, 0.05) is 0 Å². The molecule has 1 aromatic rings. The zero-order valence-electron chi connectivity index (χ0n) is 18.6. The summed E-state index contributed by atoms with van der Waals surface area (Å²) in [6.45, 7) is 15.9. The Balaban J connectivity index is 3.32. The minimum Gasteiger partial charge on any atom is -0.467 e. The van der Waals surface area contributed by atoms with Crippen molar-refractivity contribution in [3.63, 3.8) is 0 Å². The zero-order valence-corrected chi connectivity index (χ0v) is 19.6. The fourth-order valence-corrected chi connectivity index (χ4v) is 3.55. The van der Waals surface area contributed by atoms with Crippen molar-refractivity contribution in [3.05, 3.63) is 35.9 Å². The molecule has 0 aliphatic heterocycles. The van der Waals surface area contributed by atoms with Crippen LogP contribution in [-0.2, 0) is 18.7 Å². The van der Waals surface area contributed by atoms with E-state index < -0.39 is 38.1 Å². The van der Waals surface area contributed by atoms with Crippen LogP contribution in [0.15, 0.2) is 30.3 Å². The van der Waals surface area contributed by atoms with E-state index >= 15 is 0 Å². The summed E-state index contributed by atoms with van der Waals surface area (Å²) in [5.74, 6) is -0.585. The van der Waals surface area contributed by atoms with Gasteiger partial charge in [-0.3, -0.25) is 0 Å². The molecule has 2 atom stereocenters. The van der Waals surface area contributed by atoms with Crippen LogP contribution in [0, 0.1) is 0 Å². The van der Waals surface area contributed by atoms with Gasteiger partial charge in [-0.2, -0.15) is 0 Å². The quantitative estimate of drug-likeness (QED) is 0.539. The van der Waals surface area contributed by atoms with E-state index in [0.29, 0.717) is 0 Å². The third-order valence-corrected chi connectivity index (χ3v) is 9.24. The van der Waals surface area contributed by atoms with E-state index in [1.807, 2.05) is 30.3 Å². The van der Waals surface area contributed by atoms with Crippen molar-refractivity contribution in [2.75, 3.05) is 7.11 Å². The van der Waals surface area contributed by atoms with Gasteiger partial charge < -0.3 is 19.2 Å². The number of carbonyl (C=O) groups is 2. The molecule has 7 heteroatoms. The molecule has 0 radical (unpaired) electrons. The fourth-order valence-electron chi connectivity index (χ4n) is 2.29. The summed E-state index contributed by atoms with van der Waals surface area (Å²) in [7, 11) is -0.978. The summed E-state index contributed by atoms with van der Waals surface area (Å²) in [4.78, 5) is 25.0. The van der Waals surface area contributed by atoms with Gasteiger partial charge in [0.05, 0.1) is 7.11 Å². The molecule has 6 nitrogen and oxygen atoms in total. The molecule has 1 aromatic carbocycles. The maximum absolute atomic E-state index is 12.6. The molecule has 0 saturated carbocycles. The maximum Gasteiger partial charge on any atom is 0.408 e. The van der Waals surface area contributed by atoms with E-state index in [4.69, 9.17) is 13.9 Å². The number of benzene rings is 1. The highest BCUT2D eigenvalue weighted by Gasteiger charge is 2.43. The molecule has 0 spiro atoms. The Morgan fingerprint density at radius 2 is 1.54 bits per heavy atom. The second kappa shape index (κ2) is 9.09. The predicted molar refractivity (Wildman–Crippen MR) is 113 cm³/mol. The third kappa shape index (κ3) is 6.94. The first kappa shape index (κ1) is 24.2. The van der Waals surface area contributed by atoms with Crippen LogP contribution in [0.5, 0.6) is 0 Å². The average Bonchev–Trinajstić information content (AvgIpc) is 2.55. The minimum absolute atomic E-state index is 0.0768. The Morgan fingerprint density at radius 3 is 1.96 bits per heavy atom. The van der Waals surface area contributed by atoms with Crippen molar-refractivity contribution in [2.24, 2.45) is 0 Å². The number of nitrogens with one attached hydrogen (secondary N) is 1. The summed E-state index contributed by atoms with van der Waals surface area (Å²) in [5, 5.41) is 2.58. The molecule has 1 amide bonds. The lowest BCUT2D eigenvalue weighted by atomic mass is 10.0. The summed E-state index contributed by atoms with van der Waals surface area (Å²) < 4.78 is 16.9. The lowest BCUT2D eigenvalue weighted by molar-refractivity contribution is -0.146. The predicted octanol–water partition coefficient (Wildman–Crippen LogP) is 4.82. The number of rotatable bonds is 6. The smallest absolute Gasteiger partial charge is 0.408 e.